The molecule has 2 rings (SSSR count). The summed E-state index contributed by atoms with van der Waals surface area (Å²) in [5.74, 6) is -0.796. The first-order valence-corrected chi connectivity index (χ1v) is 5.60. The van der Waals surface area contributed by atoms with Gasteiger partial charge >= 0.3 is 17.9 Å². The topological polar surface area (TPSA) is 68.5 Å². The van der Waals surface area contributed by atoms with E-state index >= 15 is 0 Å². The van der Waals surface area contributed by atoms with Gasteiger partial charge in [0.15, 0.2) is 0 Å². The van der Waals surface area contributed by atoms with E-state index < -0.39 is 12.1 Å². The number of anilines is 1. The Labute approximate surface area is 97.7 Å². The van der Waals surface area contributed by atoms with Gasteiger partial charge in [-0.1, -0.05) is 10.2 Å². The summed E-state index contributed by atoms with van der Waals surface area (Å²) < 4.78 is 22.9. The summed E-state index contributed by atoms with van der Waals surface area (Å²) in [6.07, 6.45) is 0.118. The fraction of sp³-hybridized carbons (Fsp3) is 0.700. The molecule has 1 saturated heterocycles. The highest BCUT2D eigenvalue weighted by atomic mass is 19.1. The maximum absolute atomic E-state index is 12.9. The first-order valence-electron chi connectivity index (χ1n) is 5.60. The Morgan fingerprint density at radius 2 is 2.24 bits per heavy atom. The van der Waals surface area contributed by atoms with Crippen LogP contribution in [-0.4, -0.2) is 42.0 Å². The minimum Gasteiger partial charge on any atom is -0.459 e. The molecule has 0 aromatic carbocycles. The summed E-state index contributed by atoms with van der Waals surface area (Å²) in [4.78, 5) is 13.1. The fourth-order valence-electron chi connectivity index (χ4n) is 1.66. The number of hydrogen-bond donors (Lipinski definition) is 0. The summed E-state index contributed by atoms with van der Waals surface area (Å²) in [6.45, 7) is 2.99. The first-order chi connectivity index (χ1) is 8.20. The molecule has 1 aliphatic heterocycles. The van der Waals surface area contributed by atoms with Crippen molar-refractivity contribution in [3.8, 4) is 0 Å². The van der Waals surface area contributed by atoms with Crippen LogP contribution in [0.25, 0.3) is 0 Å². The van der Waals surface area contributed by atoms with Crippen molar-refractivity contribution in [1.82, 2.24) is 10.2 Å². The highest BCUT2D eigenvalue weighted by molar-refractivity contribution is 5.84. The van der Waals surface area contributed by atoms with E-state index in [1.165, 1.54) is 0 Å². The smallest absolute Gasteiger partial charge is 0.396 e. The van der Waals surface area contributed by atoms with Gasteiger partial charge in [0.05, 0.1) is 6.61 Å². The molecular weight excluding hydrogens is 229 g/mol. The standard InChI is InChI=1S/C10H14FN3O3/c1-2-16-9(15)8-12-13-10(17-8)14-5-3-7(11)4-6-14/h7H,2-6H2,1H3. The Hall–Kier alpha value is -1.66. The molecule has 94 valence electrons. The molecule has 0 unspecified atom stereocenters. The largest absolute Gasteiger partial charge is 0.459 e. The van der Waals surface area contributed by atoms with Crippen molar-refractivity contribution in [2.45, 2.75) is 25.9 Å². The van der Waals surface area contributed by atoms with Crippen LogP contribution in [0, 0.1) is 0 Å². The Kier molecular flexibility index (Phi) is 3.55. The summed E-state index contributed by atoms with van der Waals surface area (Å²) in [7, 11) is 0. The number of alkyl halides is 1. The van der Waals surface area contributed by atoms with Crippen LogP contribution < -0.4 is 4.90 Å². The highest BCUT2D eigenvalue weighted by Crippen LogP contribution is 2.20. The van der Waals surface area contributed by atoms with Gasteiger partial charge in [0, 0.05) is 13.1 Å². The number of esters is 1. The molecule has 1 fully saturated rings. The van der Waals surface area contributed by atoms with E-state index in [0.29, 0.717) is 25.9 Å². The van der Waals surface area contributed by atoms with Gasteiger partial charge in [-0.3, -0.25) is 0 Å². The van der Waals surface area contributed by atoms with E-state index in [4.69, 9.17) is 9.15 Å². The van der Waals surface area contributed by atoms with Crippen LogP contribution in [0.4, 0.5) is 10.4 Å². The molecule has 0 aliphatic carbocycles. The minimum absolute atomic E-state index is 0.163. The lowest BCUT2D eigenvalue weighted by Crippen LogP contribution is -2.34. The summed E-state index contributed by atoms with van der Waals surface area (Å²) >= 11 is 0. The molecular formula is C10H14FN3O3. The molecule has 1 aromatic heterocycles. The third-order valence-electron chi connectivity index (χ3n) is 2.56. The van der Waals surface area contributed by atoms with Crippen molar-refractivity contribution in [2.75, 3.05) is 24.6 Å². The van der Waals surface area contributed by atoms with Crippen molar-refractivity contribution in [1.29, 1.82) is 0 Å². The lowest BCUT2D eigenvalue weighted by Gasteiger charge is -2.26. The summed E-state index contributed by atoms with van der Waals surface area (Å²) in [5.41, 5.74) is 0. The van der Waals surface area contributed by atoms with Gasteiger partial charge in [-0.15, -0.1) is 0 Å². The zero-order chi connectivity index (χ0) is 12.3. The number of carbonyl (C=O) groups is 1. The Morgan fingerprint density at radius 3 is 2.88 bits per heavy atom. The predicted molar refractivity (Wildman–Crippen MR) is 56.6 cm³/mol. The number of nitrogens with zero attached hydrogens (tertiary/aromatic N) is 3. The van der Waals surface area contributed by atoms with E-state index in [2.05, 4.69) is 10.2 Å². The number of hydrogen-bond acceptors (Lipinski definition) is 6. The molecule has 0 bridgehead atoms. The number of carbonyl (C=O) groups excluding carboxylic acids is 1. The second-order valence-electron chi connectivity index (χ2n) is 3.77. The van der Waals surface area contributed by atoms with Gasteiger partial charge in [0.2, 0.25) is 0 Å². The van der Waals surface area contributed by atoms with Gasteiger partial charge in [-0.25, -0.2) is 9.18 Å². The fourth-order valence-corrected chi connectivity index (χ4v) is 1.66. The minimum atomic E-state index is -0.765. The van der Waals surface area contributed by atoms with Crippen LogP contribution in [0.2, 0.25) is 0 Å². The zero-order valence-corrected chi connectivity index (χ0v) is 9.56. The zero-order valence-electron chi connectivity index (χ0n) is 9.56. The highest BCUT2D eigenvalue weighted by Gasteiger charge is 2.24. The molecule has 6 nitrogen and oxygen atoms in total. The van der Waals surface area contributed by atoms with Crippen LogP contribution in [0.5, 0.6) is 0 Å². The average Bonchev–Trinajstić information content (AvgIpc) is 2.80. The number of ether oxygens (including phenoxy) is 1. The molecule has 2 heterocycles. The van der Waals surface area contributed by atoms with Gasteiger partial charge in [-0.05, 0) is 19.8 Å². The van der Waals surface area contributed by atoms with Crippen molar-refractivity contribution in [3.63, 3.8) is 0 Å². The SMILES string of the molecule is CCOC(=O)c1nnc(N2CCC(F)CC2)o1. The molecule has 0 amide bonds. The average molecular weight is 243 g/mol. The van der Waals surface area contributed by atoms with E-state index in [0.717, 1.165) is 0 Å². The molecule has 0 N–H and O–H groups in total. The van der Waals surface area contributed by atoms with Gasteiger partial charge in [0.1, 0.15) is 6.17 Å². The van der Waals surface area contributed by atoms with E-state index in [9.17, 15) is 9.18 Å². The third-order valence-corrected chi connectivity index (χ3v) is 2.56. The maximum atomic E-state index is 12.9. The van der Waals surface area contributed by atoms with Crippen LogP contribution in [0.3, 0.4) is 0 Å². The second kappa shape index (κ2) is 5.11. The molecule has 0 atom stereocenters. The molecule has 0 spiro atoms. The van der Waals surface area contributed by atoms with Gasteiger partial charge in [0.25, 0.3) is 0 Å². The number of halogens is 1. The van der Waals surface area contributed by atoms with Gasteiger partial charge in [-0.2, -0.15) is 0 Å². The maximum Gasteiger partial charge on any atom is 0.396 e. The predicted octanol–water partition coefficient (Wildman–Crippen LogP) is 1.18. The van der Waals surface area contributed by atoms with Crippen molar-refractivity contribution in [3.05, 3.63) is 5.89 Å². The Balaban J connectivity index is 2.00. The number of rotatable bonds is 3. The molecule has 1 aromatic rings. The van der Waals surface area contributed by atoms with E-state index in [1.54, 1.807) is 11.8 Å². The molecule has 0 saturated carbocycles. The number of piperidine rings is 1. The van der Waals surface area contributed by atoms with Crippen LogP contribution >= 0.6 is 0 Å². The lowest BCUT2D eigenvalue weighted by molar-refractivity contribution is 0.0481. The van der Waals surface area contributed by atoms with Crippen molar-refractivity contribution < 1.29 is 18.3 Å². The van der Waals surface area contributed by atoms with Crippen molar-refractivity contribution >= 4 is 12.0 Å². The quantitative estimate of drug-likeness (QED) is 0.743. The Bertz CT molecular complexity index is 388. The summed E-state index contributed by atoms with van der Waals surface area (Å²) in [5, 5.41) is 7.36. The van der Waals surface area contributed by atoms with Gasteiger partial charge < -0.3 is 14.1 Å². The number of aromatic nitrogens is 2. The normalized spacial score (nSPS) is 17.2. The Morgan fingerprint density at radius 1 is 1.53 bits per heavy atom. The summed E-state index contributed by atoms with van der Waals surface area (Å²) in [6, 6.07) is 0.250. The molecule has 0 radical (unpaired) electrons. The first kappa shape index (κ1) is 11.8. The van der Waals surface area contributed by atoms with Crippen LogP contribution in [-0.2, 0) is 4.74 Å². The van der Waals surface area contributed by atoms with E-state index in [1.807, 2.05) is 0 Å². The van der Waals surface area contributed by atoms with E-state index in [-0.39, 0.29) is 18.5 Å². The van der Waals surface area contributed by atoms with Crippen molar-refractivity contribution in [2.24, 2.45) is 0 Å². The molecule has 1 aliphatic rings. The van der Waals surface area contributed by atoms with Crippen LogP contribution in [0.15, 0.2) is 4.42 Å². The third kappa shape index (κ3) is 2.72. The molecule has 17 heavy (non-hydrogen) atoms. The lowest BCUT2D eigenvalue weighted by atomic mass is 10.1. The molecule has 7 heteroatoms. The van der Waals surface area contributed by atoms with Crippen LogP contribution in [0.1, 0.15) is 30.5 Å². The monoisotopic (exact) mass is 243 g/mol. The second-order valence-corrected chi connectivity index (χ2v) is 3.77.